The summed E-state index contributed by atoms with van der Waals surface area (Å²) in [6.45, 7) is 0. The monoisotopic (exact) mass is 139 g/mol. The summed E-state index contributed by atoms with van der Waals surface area (Å²) in [7, 11) is 4.47. The molecule has 0 heterocycles. The SMILES string of the molecule is CN(C)C(C1CC1)C1CC1. The van der Waals surface area contributed by atoms with Gasteiger partial charge >= 0.3 is 0 Å². The van der Waals surface area contributed by atoms with Gasteiger partial charge in [0.15, 0.2) is 0 Å². The molecule has 0 aromatic heterocycles. The van der Waals surface area contributed by atoms with Gasteiger partial charge in [-0.15, -0.1) is 0 Å². The molecule has 2 aliphatic carbocycles. The first-order chi connectivity index (χ1) is 4.79. The average molecular weight is 139 g/mol. The molecule has 58 valence electrons. The molecule has 0 aromatic rings. The molecule has 0 amide bonds. The van der Waals surface area contributed by atoms with Crippen molar-refractivity contribution in [1.82, 2.24) is 4.90 Å². The zero-order chi connectivity index (χ0) is 7.14. The van der Waals surface area contributed by atoms with E-state index < -0.39 is 0 Å². The minimum atomic E-state index is 0.944. The number of nitrogens with zero attached hydrogens (tertiary/aromatic N) is 1. The van der Waals surface area contributed by atoms with Crippen LogP contribution in [0, 0.1) is 11.8 Å². The average Bonchev–Trinajstić information content (AvgIpc) is 2.49. The van der Waals surface area contributed by atoms with Gasteiger partial charge in [0.05, 0.1) is 0 Å². The molecule has 2 fully saturated rings. The van der Waals surface area contributed by atoms with E-state index in [9.17, 15) is 0 Å². The van der Waals surface area contributed by atoms with Crippen molar-refractivity contribution in [2.24, 2.45) is 11.8 Å². The van der Waals surface area contributed by atoms with Gasteiger partial charge in [0.25, 0.3) is 0 Å². The summed E-state index contributed by atoms with van der Waals surface area (Å²) in [5.74, 6) is 2.14. The minimum absolute atomic E-state index is 0.944. The van der Waals surface area contributed by atoms with Crippen LogP contribution in [0.15, 0.2) is 0 Å². The molecular formula is C9H17N. The molecule has 0 atom stereocenters. The van der Waals surface area contributed by atoms with Crippen molar-refractivity contribution in [3.63, 3.8) is 0 Å². The molecule has 2 saturated carbocycles. The van der Waals surface area contributed by atoms with Gasteiger partial charge in [-0.1, -0.05) is 0 Å². The molecule has 0 saturated heterocycles. The van der Waals surface area contributed by atoms with Crippen molar-refractivity contribution in [2.75, 3.05) is 14.1 Å². The second-order valence-corrected chi connectivity index (χ2v) is 4.13. The van der Waals surface area contributed by atoms with Crippen LogP contribution in [0.1, 0.15) is 25.7 Å². The van der Waals surface area contributed by atoms with Crippen molar-refractivity contribution >= 4 is 0 Å². The maximum atomic E-state index is 2.44. The fourth-order valence-electron chi connectivity index (χ4n) is 2.10. The standard InChI is InChI=1S/C9H17N/c1-10(2)9(7-3-4-7)8-5-6-8/h7-9H,3-6H2,1-2H3. The highest BCUT2D eigenvalue weighted by Crippen LogP contribution is 2.46. The Morgan fingerprint density at radius 2 is 1.40 bits per heavy atom. The van der Waals surface area contributed by atoms with E-state index in [0.29, 0.717) is 0 Å². The van der Waals surface area contributed by atoms with E-state index in [0.717, 1.165) is 17.9 Å². The van der Waals surface area contributed by atoms with E-state index in [-0.39, 0.29) is 0 Å². The molecule has 0 aliphatic heterocycles. The highest BCUT2D eigenvalue weighted by atomic mass is 15.1. The Labute approximate surface area is 63.4 Å². The number of rotatable bonds is 3. The molecule has 2 rings (SSSR count). The Morgan fingerprint density at radius 1 is 1.00 bits per heavy atom. The third-order valence-electron chi connectivity index (χ3n) is 2.81. The van der Waals surface area contributed by atoms with E-state index in [2.05, 4.69) is 19.0 Å². The molecule has 0 radical (unpaired) electrons. The van der Waals surface area contributed by atoms with Gasteiger partial charge in [0, 0.05) is 6.04 Å². The van der Waals surface area contributed by atoms with E-state index in [1.54, 1.807) is 0 Å². The molecule has 2 aliphatic rings. The first-order valence-electron chi connectivity index (χ1n) is 4.45. The van der Waals surface area contributed by atoms with Gasteiger partial charge in [-0.25, -0.2) is 0 Å². The molecule has 0 bridgehead atoms. The lowest BCUT2D eigenvalue weighted by Gasteiger charge is -2.23. The molecule has 0 N–H and O–H groups in total. The van der Waals surface area contributed by atoms with Gasteiger partial charge in [-0.2, -0.15) is 0 Å². The van der Waals surface area contributed by atoms with E-state index in [1.165, 1.54) is 25.7 Å². The summed E-state index contributed by atoms with van der Waals surface area (Å²) in [5, 5.41) is 0. The van der Waals surface area contributed by atoms with Gasteiger partial charge in [0.1, 0.15) is 0 Å². The molecule has 0 unspecified atom stereocenters. The van der Waals surface area contributed by atoms with Crippen LogP contribution in [0.4, 0.5) is 0 Å². The Morgan fingerprint density at radius 3 is 1.60 bits per heavy atom. The number of hydrogen-bond acceptors (Lipinski definition) is 1. The lowest BCUT2D eigenvalue weighted by Crippen LogP contribution is -2.31. The third-order valence-corrected chi connectivity index (χ3v) is 2.81. The molecule has 0 spiro atoms. The van der Waals surface area contributed by atoms with E-state index in [4.69, 9.17) is 0 Å². The molecular weight excluding hydrogens is 122 g/mol. The smallest absolute Gasteiger partial charge is 0.0146 e. The van der Waals surface area contributed by atoms with E-state index >= 15 is 0 Å². The molecule has 1 nitrogen and oxygen atoms in total. The Hall–Kier alpha value is -0.0400. The van der Waals surface area contributed by atoms with Gasteiger partial charge in [0.2, 0.25) is 0 Å². The first kappa shape index (κ1) is 6.66. The lowest BCUT2D eigenvalue weighted by atomic mass is 10.1. The molecule has 10 heavy (non-hydrogen) atoms. The van der Waals surface area contributed by atoms with Crippen LogP contribution < -0.4 is 0 Å². The summed E-state index contributed by atoms with van der Waals surface area (Å²) in [4.78, 5) is 2.44. The predicted molar refractivity (Wildman–Crippen MR) is 42.9 cm³/mol. The normalized spacial score (nSPS) is 26.4. The number of hydrogen-bond donors (Lipinski definition) is 0. The summed E-state index contributed by atoms with van der Waals surface area (Å²) < 4.78 is 0. The zero-order valence-electron chi connectivity index (χ0n) is 7.01. The fourth-order valence-corrected chi connectivity index (χ4v) is 2.10. The van der Waals surface area contributed by atoms with Crippen LogP contribution in [-0.2, 0) is 0 Å². The third kappa shape index (κ3) is 1.20. The maximum absolute atomic E-state index is 2.44. The zero-order valence-corrected chi connectivity index (χ0v) is 7.01. The highest BCUT2D eigenvalue weighted by Gasteiger charge is 2.42. The van der Waals surface area contributed by atoms with Crippen molar-refractivity contribution in [2.45, 2.75) is 31.7 Å². The lowest BCUT2D eigenvalue weighted by molar-refractivity contribution is 0.236. The van der Waals surface area contributed by atoms with Crippen LogP contribution in [0.2, 0.25) is 0 Å². The van der Waals surface area contributed by atoms with Gasteiger partial charge in [-0.3, -0.25) is 0 Å². The second kappa shape index (κ2) is 2.23. The summed E-state index contributed by atoms with van der Waals surface area (Å²) in [6.07, 6.45) is 6.00. The van der Waals surface area contributed by atoms with Crippen LogP contribution >= 0.6 is 0 Å². The summed E-state index contributed by atoms with van der Waals surface area (Å²) in [5.41, 5.74) is 0. The van der Waals surface area contributed by atoms with Crippen molar-refractivity contribution < 1.29 is 0 Å². The second-order valence-electron chi connectivity index (χ2n) is 4.13. The van der Waals surface area contributed by atoms with Gasteiger partial charge in [-0.05, 0) is 51.6 Å². The Kier molecular flexibility index (Phi) is 1.48. The fraction of sp³-hybridized carbons (Fsp3) is 1.00. The molecule has 1 heteroatoms. The highest BCUT2D eigenvalue weighted by molar-refractivity contribution is 4.95. The maximum Gasteiger partial charge on any atom is 0.0146 e. The van der Waals surface area contributed by atoms with Crippen LogP contribution in [0.25, 0.3) is 0 Å². The first-order valence-corrected chi connectivity index (χ1v) is 4.45. The largest absolute Gasteiger partial charge is 0.306 e. The van der Waals surface area contributed by atoms with Crippen LogP contribution in [-0.4, -0.2) is 25.0 Å². The molecule has 0 aromatic carbocycles. The minimum Gasteiger partial charge on any atom is -0.306 e. The quantitative estimate of drug-likeness (QED) is 0.575. The topological polar surface area (TPSA) is 3.24 Å². The van der Waals surface area contributed by atoms with E-state index in [1.807, 2.05) is 0 Å². The Bertz CT molecular complexity index is 108. The summed E-state index contributed by atoms with van der Waals surface area (Å²) >= 11 is 0. The summed E-state index contributed by atoms with van der Waals surface area (Å²) in [6, 6.07) is 0.944. The van der Waals surface area contributed by atoms with Crippen molar-refractivity contribution in [3.05, 3.63) is 0 Å². The van der Waals surface area contributed by atoms with Crippen molar-refractivity contribution in [1.29, 1.82) is 0 Å². The Balaban J connectivity index is 1.92. The predicted octanol–water partition coefficient (Wildman–Crippen LogP) is 1.74. The van der Waals surface area contributed by atoms with Crippen LogP contribution in [0.5, 0.6) is 0 Å². The van der Waals surface area contributed by atoms with Crippen LogP contribution in [0.3, 0.4) is 0 Å². The van der Waals surface area contributed by atoms with Gasteiger partial charge < -0.3 is 4.90 Å². The van der Waals surface area contributed by atoms with Crippen molar-refractivity contribution in [3.8, 4) is 0 Å².